The van der Waals surface area contributed by atoms with Crippen molar-refractivity contribution in [3.63, 3.8) is 0 Å². The first kappa shape index (κ1) is 29.2. The summed E-state index contributed by atoms with van der Waals surface area (Å²) in [6, 6.07) is 3.65. The molecule has 0 aromatic heterocycles. The molecule has 12 nitrogen and oxygen atoms in total. The SMILES string of the molecule is COc1cccc2c1C(=O)c1c(O)c3c(c(O)c1C2=O)C[C@@](O)(C(O)O)C[C@@H]3OC1CC(N)C(O)C(C)O1.Cl. The Kier molecular flexibility index (Phi) is 7.71. The highest BCUT2D eigenvalue weighted by atomic mass is 35.5. The van der Waals surface area contributed by atoms with Crippen LogP contribution in [0.25, 0.3) is 0 Å². The Balaban J connectivity index is 0.00000353. The summed E-state index contributed by atoms with van der Waals surface area (Å²) in [7, 11) is 1.32. The van der Waals surface area contributed by atoms with E-state index in [2.05, 4.69) is 0 Å². The van der Waals surface area contributed by atoms with E-state index in [-0.39, 0.29) is 46.8 Å². The predicted molar refractivity (Wildman–Crippen MR) is 135 cm³/mol. The first-order valence-corrected chi connectivity index (χ1v) is 12.1. The van der Waals surface area contributed by atoms with Crippen LogP contribution in [0.4, 0.5) is 0 Å². The Labute approximate surface area is 229 Å². The average Bonchev–Trinajstić information content (AvgIpc) is 2.87. The topological polar surface area (TPSA) is 209 Å². The van der Waals surface area contributed by atoms with Crippen molar-refractivity contribution in [3.8, 4) is 17.2 Å². The van der Waals surface area contributed by atoms with Gasteiger partial charge in [-0.3, -0.25) is 9.59 Å². The van der Waals surface area contributed by atoms with Gasteiger partial charge in [-0.25, -0.2) is 0 Å². The van der Waals surface area contributed by atoms with Crippen LogP contribution in [0, 0.1) is 0 Å². The molecule has 13 heteroatoms. The lowest BCUT2D eigenvalue weighted by molar-refractivity contribution is -0.260. The molecule has 6 atom stereocenters. The van der Waals surface area contributed by atoms with Gasteiger partial charge in [0.25, 0.3) is 0 Å². The molecule has 5 rings (SSSR count). The summed E-state index contributed by atoms with van der Waals surface area (Å²) < 4.78 is 16.9. The third-order valence-corrected chi connectivity index (χ3v) is 7.65. The normalized spacial score (nSPS) is 29.8. The molecule has 1 aliphatic heterocycles. The highest BCUT2D eigenvalue weighted by molar-refractivity contribution is 6.31. The molecule has 0 bridgehead atoms. The van der Waals surface area contributed by atoms with Crippen molar-refractivity contribution in [1.29, 1.82) is 0 Å². The number of nitrogens with two attached hydrogens (primary N) is 1. The maximum atomic E-state index is 13.6. The van der Waals surface area contributed by atoms with Crippen LogP contribution in [0.5, 0.6) is 17.2 Å². The number of phenols is 2. The lowest BCUT2D eigenvalue weighted by atomic mass is 9.72. The fourth-order valence-electron chi connectivity index (χ4n) is 5.62. The number of methoxy groups -OCH3 is 1. The van der Waals surface area contributed by atoms with E-state index < -0.39 is 89.6 Å². The smallest absolute Gasteiger partial charge is 0.202 e. The van der Waals surface area contributed by atoms with Crippen molar-refractivity contribution in [1.82, 2.24) is 0 Å². The number of phenolic OH excluding ortho intramolecular Hbond substituents is 2. The van der Waals surface area contributed by atoms with Crippen LogP contribution in [0.1, 0.15) is 68.8 Å². The van der Waals surface area contributed by atoms with Crippen LogP contribution in [0.2, 0.25) is 0 Å². The Morgan fingerprint density at radius 3 is 2.38 bits per heavy atom. The van der Waals surface area contributed by atoms with Gasteiger partial charge in [0.1, 0.15) is 22.8 Å². The number of rotatable bonds is 4. The second-order valence-electron chi connectivity index (χ2n) is 10.0. The Morgan fingerprint density at radius 1 is 1.10 bits per heavy atom. The number of aliphatic hydroxyl groups is 4. The van der Waals surface area contributed by atoms with Gasteiger partial charge in [0, 0.05) is 42.0 Å². The zero-order valence-electron chi connectivity index (χ0n) is 21.0. The van der Waals surface area contributed by atoms with Gasteiger partial charge in [0.2, 0.25) is 5.78 Å². The summed E-state index contributed by atoms with van der Waals surface area (Å²) in [5, 5.41) is 63.8. The van der Waals surface area contributed by atoms with E-state index in [0.29, 0.717) is 0 Å². The minimum Gasteiger partial charge on any atom is -0.507 e. The zero-order valence-corrected chi connectivity index (χ0v) is 21.8. The molecule has 212 valence electrons. The van der Waals surface area contributed by atoms with E-state index in [1.165, 1.54) is 25.3 Å². The van der Waals surface area contributed by atoms with Gasteiger partial charge in [-0.05, 0) is 13.0 Å². The molecule has 2 aliphatic carbocycles. The highest BCUT2D eigenvalue weighted by Crippen LogP contribution is 2.52. The van der Waals surface area contributed by atoms with Crippen molar-refractivity contribution in [3.05, 3.63) is 51.6 Å². The average molecular weight is 568 g/mol. The molecule has 0 amide bonds. The van der Waals surface area contributed by atoms with E-state index >= 15 is 0 Å². The minimum atomic E-state index is -2.28. The molecule has 1 saturated heterocycles. The molecule has 0 radical (unpaired) electrons. The second kappa shape index (κ2) is 10.3. The summed E-state index contributed by atoms with van der Waals surface area (Å²) in [4.78, 5) is 27.1. The fourth-order valence-corrected chi connectivity index (χ4v) is 5.62. The van der Waals surface area contributed by atoms with Gasteiger partial charge in [-0.2, -0.15) is 0 Å². The minimum absolute atomic E-state index is 0. The molecule has 3 aliphatic rings. The summed E-state index contributed by atoms with van der Waals surface area (Å²) in [5.74, 6) is -2.78. The van der Waals surface area contributed by atoms with Crippen LogP contribution in [0.15, 0.2) is 18.2 Å². The maximum Gasteiger partial charge on any atom is 0.202 e. The molecular formula is C26H30ClNO11. The summed E-state index contributed by atoms with van der Waals surface area (Å²) in [5.41, 5.74) is 2.38. The lowest BCUT2D eigenvalue weighted by Crippen LogP contribution is -2.53. The van der Waals surface area contributed by atoms with Gasteiger partial charge in [-0.15, -0.1) is 12.4 Å². The van der Waals surface area contributed by atoms with Crippen molar-refractivity contribution in [2.24, 2.45) is 5.73 Å². The molecule has 39 heavy (non-hydrogen) atoms. The van der Waals surface area contributed by atoms with E-state index in [0.717, 1.165) is 0 Å². The van der Waals surface area contributed by atoms with Crippen LogP contribution in [-0.2, 0) is 15.9 Å². The third kappa shape index (κ3) is 4.46. The molecule has 0 spiro atoms. The maximum absolute atomic E-state index is 13.6. The largest absolute Gasteiger partial charge is 0.507 e. The van der Waals surface area contributed by atoms with Crippen LogP contribution in [-0.4, -0.2) is 85.7 Å². The quantitative estimate of drug-likeness (QED) is 0.166. The number of fused-ring (bicyclic) bond motifs is 3. The molecule has 2 aromatic carbocycles. The van der Waals surface area contributed by atoms with Gasteiger partial charge >= 0.3 is 0 Å². The van der Waals surface area contributed by atoms with Gasteiger partial charge in [-0.1, -0.05) is 12.1 Å². The van der Waals surface area contributed by atoms with Gasteiger partial charge in [0.15, 0.2) is 18.4 Å². The number of carbonyl (C=O) groups is 2. The number of carbonyl (C=O) groups excluding carboxylic acids is 2. The van der Waals surface area contributed by atoms with Gasteiger partial charge in [0.05, 0.1) is 42.1 Å². The number of aliphatic hydroxyl groups excluding tert-OH is 2. The van der Waals surface area contributed by atoms with Crippen LogP contribution < -0.4 is 10.5 Å². The number of aromatic hydroxyl groups is 2. The second-order valence-corrected chi connectivity index (χ2v) is 10.0. The molecule has 2 aromatic rings. The van der Waals surface area contributed by atoms with Crippen molar-refractivity contribution in [2.75, 3.05) is 7.11 Å². The zero-order chi connectivity index (χ0) is 27.7. The first-order chi connectivity index (χ1) is 17.9. The van der Waals surface area contributed by atoms with Crippen molar-refractivity contribution >= 4 is 24.0 Å². The third-order valence-electron chi connectivity index (χ3n) is 7.65. The van der Waals surface area contributed by atoms with E-state index in [1.54, 1.807) is 6.92 Å². The summed E-state index contributed by atoms with van der Waals surface area (Å²) >= 11 is 0. The van der Waals surface area contributed by atoms with E-state index in [4.69, 9.17) is 19.9 Å². The number of halogens is 1. The Hall–Kier alpha value is -2.81. The molecular weight excluding hydrogens is 538 g/mol. The molecule has 1 heterocycles. The Morgan fingerprint density at radius 2 is 1.77 bits per heavy atom. The fraction of sp³-hybridized carbons (Fsp3) is 0.462. The number of hydrogen-bond acceptors (Lipinski definition) is 12. The van der Waals surface area contributed by atoms with E-state index in [1.807, 2.05) is 0 Å². The molecule has 4 unspecified atom stereocenters. The van der Waals surface area contributed by atoms with Gasteiger partial charge < -0.3 is 50.6 Å². The predicted octanol–water partition coefficient (Wildman–Crippen LogP) is 0.172. The number of ether oxygens (including phenoxy) is 3. The molecule has 0 saturated carbocycles. The summed E-state index contributed by atoms with van der Waals surface area (Å²) in [6.07, 6.45) is -7.36. The Bertz CT molecular complexity index is 1320. The van der Waals surface area contributed by atoms with Crippen LogP contribution >= 0.6 is 12.4 Å². The lowest BCUT2D eigenvalue weighted by Gasteiger charge is -2.43. The molecule has 1 fully saturated rings. The monoisotopic (exact) mass is 567 g/mol. The first-order valence-electron chi connectivity index (χ1n) is 12.1. The molecule has 8 N–H and O–H groups in total. The summed E-state index contributed by atoms with van der Waals surface area (Å²) in [6.45, 7) is 1.58. The number of ketones is 2. The number of hydrogen-bond donors (Lipinski definition) is 7. The standard InChI is InChI=1S/C26H29NO11.ClH/c1-9-20(28)12(27)6-15(37-9)38-14-8-26(35,25(33)34)7-11-17(14)24(32)19-18(22(11)30)21(29)10-4-3-5-13(36-2)16(10)23(19)31;/h3-5,9,12,14-15,20,25,28,30,32-35H,6-8,27H2,1-2H3;1H/t9?,12?,14-,15?,20?,26-;/m0./s1. The van der Waals surface area contributed by atoms with Crippen LogP contribution in [0.3, 0.4) is 0 Å². The van der Waals surface area contributed by atoms with Crippen molar-refractivity contribution < 1.29 is 54.4 Å². The van der Waals surface area contributed by atoms with E-state index in [9.17, 15) is 40.2 Å². The van der Waals surface area contributed by atoms with Crippen molar-refractivity contribution in [2.45, 2.75) is 68.7 Å². The number of benzene rings is 2. The highest BCUT2D eigenvalue weighted by Gasteiger charge is 2.50.